The molecule has 0 aromatic carbocycles. The Morgan fingerprint density at radius 3 is 3.05 bits per heavy atom. The van der Waals surface area contributed by atoms with Gasteiger partial charge >= 0.3 is 0 Å². The van der Waals surface area contributed by atoms with Crippen LogP contribution in [0.25, 0.3) is 0 Å². The average Bonchev–Trinajstić information content (AvgIpc) is 2.75. The molecule has 0 aliphatic carbocycles. The zero-order chi connectivity index (χ0) is 13.9. The van der Waals surface area contributed by atoms with Gasteiger partial charge in [-0.25, -0.2) is 4.98 Å². The van der Waals surface area contributed by atoms with Crippen LogP contribution >= 0.6 is 0 Å². The van der Waals surface area contributed by atoms with E-state index in [4.69, 9.17) is 14.2 Å². The van der Waals surface area contributed by atoms with Crippen LogP contribution in [0.1, 0.15) is 24.2 Å². The number of pyridine rings is 1. The molecule has 1 N–H and O–H groups in total. The summed E-state index contributed by atoms with van der Waals surface area (Å²) in [5.41, 5.74) is 0.406. The van der Waals surface area contributed by atoms with Crippen molar-refractivity contribution in [1.29, 1.82) is 0 Å². The van der Waals surface area contributed by atoms with Crippen molar-refractivity contribution in [3.05, 3.63) is 23.9 Å². The maximum absolute atomic E-state index is 12.0. The van der Waals surface area contributed by atoms with Gasteiger partial charge < -0.3 is 19.5 Å². The minimum absolute atomic E-state index is 0.137. The molecule has 2 rings (SSSR count). The number of hydrogen-bond acceptors (Lipinski definition) is 5. The zero-order valence-corrected chi connectivity index (χ0v) is 11.3. The van der Waals surface area contributed by atoms with Crippen LogP contribution in [-0.4, -0.2) is 43.0 Å². The largest absolute Gasteiger partial charge is 0.480 e. The lowest BCUT2D eigenvalue weighted by Gasteiger charge is -2.17. The van der Waals surface area contributed by atoms with E-state index in [1.165, 1.54) is 7.11 Å². The molecular weight excluding hydrogens is 248 g/mol. The van der Waals surface area contributed by atoms with Crippen molar-refractivity contribution < 1.29 is 19.0 Å². The van der Waals surface area contributed by atoms with Gasteiger partial charge in [0.1, 0.15) is 11.7 Å². The summed E-state index contributed by atoms with van der Waals surface area (Å²) in [5.74, 6) is -0.510. The number of nitrogens with one attached hydrogen (secondary N) is 1. The Hall–Kier alpha value is -1.66. The van der Waals surface area contributed by atoms with E-state index in [9.17, 15) is 4.79 Å². The number of amides is 1. The summed E-state index contributed by atoms with van der Waals surface area (Å²) >= 11 is 0. The molecular formula is C13H18N2O4. The molecule has 1 unspecified atom stereocenters. The highest BCUT2D eigenvalue weighted by Crippen LogP contribution is 2.22. The van der Waals surface area contributed by atoms with E-state index in [1.54, 1.807) is 18.3 Å². The number of hydrogen-bond donors (Lipinski definition) is 1. The highest BCUT2D eigenvalue weighted by atomic mass is 16.7. The monoisotopic (exact) mass is 266 g/mol. The number of carbonyl (C=O) groups excluding carboxylic acids is 1. The highest BCUT2D eigenvalue weighted by molar-refractivity contribution is 5.96. The van der Waals surface area contributed by atoms with Gasteiger partial charge in [-0.3, -0.25) is 4.79 Å². The van der Waals surface area contributed by atoms with Gasteiger partial charge in [0.15, 0.2) is 5.79 Å². The third kappa shape index (κ3) is 3.42. The summed E-state index contributed by atoms with van der Waals surface area (Å²) in [7, 11) is 1.48. The number of rotatable bonds is 4. The fourth-order valence-electron chi connectivity index (χ4n) is 1.89. The van der Waals surface area contributed by atoms with Crippen molar-refractivity contribution in [2.45, 2.75) is 25.7 Å². The second-order valence-corrected chi connectivity index (χ2v) is 4.72. The first-order valence-corrected chi connectivity index (χ1v) is 6.11. The van der Waals surface area contributed by atoms with Gasteiger partial charge in [-0.05, 0) is 26.0 Å². The van der Waals surface area contributed by atoms with E-state index < -0.39 is 5.79 Å². The quantitative estimate of drug-likeness (QED) is 0.879. The number of aromatic nitrogens is 1. The number of carbonyl (C=O) groups is 1. The molecule has 1 fully saturated rings. The van der Waals surface area contributed by atoms with E-state index in [2.05, 4.69) is 10.3 Å². The molecule has 6 heteroatoms. The fraction of sp³-hybridized carbons (Fsp3) is 0.538. The molecule has 0 spiro atoms. The molecule has 1 aromatic heterocycles. The smallest absolute Gasteiger partial charge is 0.256 e. The minimum atomic E-state index is -0.582. The first-order chi connectivity index (χ1) is 9.02. The highest BCUT2D eigenvalue weighted by Gasteiger charge is 2.32. The van der Waals surface area contributed by atoms with Crippen LogP contribution in [0.3, 0.4) is 0 Å². The maximum atomic E-state index is 12.0. The molecule has 19 heavy (non-hydrogen) atoms. The number of nitrogens with zero attached hydrogens (tertiary/aromatic N) is 1. The molecule has 0 radical (unpaired) electrons. The predicted octanol–water partition coefficient (Wildman–Crippen LogP) is 0.971. The second-order valence-electron chi connectivity index (χ2n) is 4.72. The van der Waals surface area contributed by atoms with E-state index in [0.717, 1.165) is 0 Å². The van der Waals surface area contributed by atoms with E-state index >= 15 is 0 Å². The van der Waals surface area contributed by atoms with Crippen LogP contribution in [0.2, 0.25) is 0 Å². The van der Waals surface area contributed by atoms with Crippen LogP contribution in [0.5, 0.6) is 5.88 Å². The van der Waals surface area contributed by atoms with Crippen molar-refractivity contribution in [3.63, 3.8) is 0 Å². The Labute approximate surface area is 112 Å². The Morgan fingerprint density at radius 1 is 1.63 bits per heavy atom. The first-order valence-electron chi connectivity index (χ1n) is 6.11. The lowest BCUT2D eigenvalue weighted by molar-refractivity contribution is -0.137. The first kappa shape index (κ1) is 13.8. The molecule has 104 valence electrons. The van der Waals surface area contributed by atoms with Gasteiger partial charge in [0.05, 0.1) is 13.7 Å². The Morgan fingerprint density at radius 2 is 2.42 bits per heavy atom. The fourth-order valence-corrected chi connectivity index (χ4v) is 1.89. The summed E-state index contributed by atoms with van der Waals surface area (Å²) in [6.07, 6.45) is 1.44. The SMILES string of the molecule is COc1ncccc1C(=O)NCC1COC(C)(C)O1. The molecule has 1 aromatic rings. The summed E-state index contributed by atoms with van der Waals surface area (Å²) in [6.45, 7) is 4.55. The third-order valence-corrected chi connectivity index (χ3v) is 2.77. The topological polar surface area (TPSA) is 69.7 Å². The lowest BCUT2D eigenvalue weighted by atomic mass is 10.2. The van der Waals surface area contributed by atoms with Gasteiger partial charge in [-0.2, -0.15) is 0 Å². The van der Waals surface area contributed by atoms with E-state index in [1.807, 2.05) is 13.8 Å². The van der Waals surface area contributed by atoms with Crippen molar-refractivity contribution in [2.75, 3.05) is 20.3 Å². The standard InChI is InChI=1S/C13H18N2O4/c1-13(2)18-8-9(19-13)7-15-11(16)10-5-4-6-14-12(10)17-3/h4-6,9H,7-8H2,1-3H3,(H,15,16). The summed E-state index contributed by atoms with van der Waals surface area (Å²) in [4.78, 5) is 16.0. The lowest BCUT2D eigenvalue weighted by Crippen LogP contribution is -2.34. The molecule has 1 amide bonds. The third-order valence-electron chi connectivity index (χ3n) is 2.77. The van der Waals surface area contributed by atoms with Gasteiger partial charge in [-0.1, -0.05) is 0 Å². The van der Waals surface area contributed by atoms with Crippen molar-refractivity contribution >= 4 is 5.91 Å². The van der Waals surface area contributed by atoms with Crippen LogP contribution < -0.4 is 10.1 Å². The summed E-state index contributed by atoms with van der Waals surface area (Å²) < 4.78 is 16.1. The Kier molecular flexibility index (Phi) is 4.01. The van der Waals surface area contributed by atoms with E-state index in [-0.39, 0.29) is 12.0 Å². The summed E-state index contributed by atoms with van der Waals surface area (Å²) in [6, 6.07) is 3.35. The molecule has 0 saturated carbocycles. The van der Waals surface area contributed by atoms with Gasteiger partial charge in [0.25, 0.3) is 5.91 Å². The van der Waals surface area contributed by atoms with Gasteiger partial charge in [-0.15, -0.1) is 0 Å². The minimum Gasteiger partial charge on any atom is -0.480 e. The van der Waals surface area contributed by atoms with Crippen molar-refractivity contribution in [2.24, 2.45) is 0 Å². The molecule has 1 aliphatic heterocycles. The van der Waals surface area contributed by atoms with Crippen LogP contribution in [0.4, 0.5) is 0 Å². The number of methoxy groups -OCH3 is 1. The van der Waals surface area contributed by atoms with Crippen LogP contribution in [-0.2, 0) is 9.47 Å². The Bertz CT molecular complexity index is 462. The molecule has 1 saturated heterocycles. The maximum Gasteiger partial charge on any atom is 0.256 e. The summed E-state index contributed by atoms with van der Waals surface area (Å²) in [5, 5.41) is 2.79. The van der Waals surface area contributed by atoms with Gasteiger partial charge in [0, 0.05) is 12.7 Å². The number of ether oxygens (including phenoxy) is 3. The van der Waals surface area contributed by atoms with Crippen molar-refractivity contribution in [3.8, 4) is 5.88 Å². The van der Waals surface area contributed by atoms with Gasteiger partial charge in [0.2, 0.25) is 5.88 Å². The molecule has 1 aliphatic rings. The molecule has 2 heterocycles. The molecule has 6 nitrogen and oxygen atoms in total. The van der Waals surface area contributed by atoms with Crippen LogP contribution in [0, 0.1) is 0 Å². The average molecular weight is 266 g/mol. The van der Waals surface area contributed by atoms with Crippen LogP contribution in [0.15, 0.2) is 18.3 Å². The Balaban J connectivity index is 1.91. The van der Waals surface area contributed by atoms with Crippen molar-refractivity contribution in [1.82, 2.24) is 10.3 Å². The zero-order valence-electron chi connectivity index (χ0n) is 11.3. The van der Waals surface area contributed by atoms with E-state index in [0.29, 0.717) is 24.6 Å². The second kappa shape index (κ2) is 5.54. The molecule has 1 atom stereocenters. The predicted molar refractivity (Wildman–Crippen MR) is 68.0 cm³/mol. The normalized spacial score (nSPS) is 21.1. The molecule has 0 bridgehead atoms.